The summed E-state index contributed by atoms with van der Waals surface area (Å²) in [5, 5.41) is 0. The molecule has 0 unspecified atom stereocenters. The number of nitrogens with zero attached hydrogens (tertiary/aromatic N) is 4. The molecule has 2 heterocycles. The topological polar surface area (TPSA) is 50.5 Å². The largest absolute Gasteiger partial charge is 0.333 e. The van der Waals surface area contributed by atoms with Gasteiger partial charge in [0.1, 0.15) is 5.69 Å². The van der Waals surface area contributed by atoms with Crippen LogP contribution in [0.5, 0.6) is 0 Å². The van der Waals surface area contributed by atoms with Gasteiger partial charge in [-0.25, -0.2) is 4.98 Å². The first-order chi connectivity index (χ1) is 11.1. The summed E-state index contributed by atoms with van der Waals surface area (Å²) in [5.41, 5.74) is 4.88. The average molecular weight is 308 g/mol. The van der Waals surface area contributed by atoms with Gasteiger partial charge in [-0.15, -0.1) is 0 Å². The molecule has 23 heavy (non-hydrogen) atoms. The van der Waals surface area contributed by atoms with Gasteiger partial charge in [-0.2, -0.15) is 0 Å². The smallest absolute Gasteiger partial charge is 0.272 e. The monoisotopic (exact) mass is 308 g/mol. The lowest BCUT2D eigenvalue weighted by Gasteiger charge is -2.21. The molecule has 0 spiro atoms. The van der Waals surface area contributed by atoms with E-state index in [-0.39, 0.29) is 5.91 Å². The zero-order valence-corrected chi connectivity index (χ0v) is 13.7. The number of amides is 1. The molecule has 0 fully saturated rings. The van der Waals surface area contributed by atoms with Crippen LogP contribution in [0.3, 0.4) is 0 Å². The number of rotatable bonds is 4. The van der Waals surface area contributed by atoms with Crippen LogP contribution in [0.1, 0.15) is 34.1 Å². The van der Waals surface area contributed by atoms with Crippen molar-refractivity contribution in [3.05, 3.63) is 65.4 Å². The second-order valence-electron chi connectivity index (χ2n) is 5.69. The van der Waals surface area contributed by atoms with Gasteiger partial charge in [-0.3, -0.25) is 14.2 Å². The molecule has 0 aliphatic carbocycles. The Labute approximate surface area is 135 Å². The number of carbonyl (C=O) groups is 1. The van der Waals surface area contributed by atoms with E-state index in [2.05, 4.69) is 42.0 Å². The van der Waals surface area contributed by atoms with Crippen LogP contribution in [-0.4, -0.2) is 31.7 Å². The van der Waals surface area contributed by atoms with Crippen LogP contribution >= 0.6 is 0 Å². The van der Waals surface area contributed by atoms with Crippen molar-refractivity contribution in [1.29, 1.82) is 0 Å². The lowest BCUT2D eigenvalue weighted by molar-refractivity contribution is 0.0745. The molecule has 118 valence electrons. The molecule has 0 aliphatic heterocycles. The normalized spacial score (nSPS) is 10.9. The Kier molecular flexibility index (Phi) is 4.10. The molecule has 0 saturated carbocycles. The van der Waals surface area contributed by atoms with Crippen molar-refractivity contribution in [2.45, 2.75) is 27.3 Å². The number of fused-ring (bicyclic) bond motifs is 1. The summed E-state index contributed by atoms with van der Waals surface area (Å²) in [5.74, 6) is -0.0237. The number of carbonyl (C=O) groups excluding carboxylic acids is 1. The molecule has 2 aromatic heterocycles. The van der Waals surface area contributed by atoms with E-state index in [0.29, 0.717) is 24.4 Å². The molecular formula is C18H20N4O. The third-order valence-electron chi connectivity index (χ3n) is 4.15. The van der Waals surface area contributed by atoms with E-state index in [1.54, 1.807) is 29.2 Å². The Morgan fingerprint density at radius 3 is 2.78 bits per heavy atom. The van der Waals surface area contributed by atoms with Crippen LogP contribution in [-0.2, 0) is 6.54 Å². The molecule has 3 rings (SSSR count). The standard InChI is InChI=1S/C18H20N4O/c1-4-21(12-15-6-5-13(2)14(3)9-15)18(23)16-10-20-17-11-19-7-8-22(16)17/h5-11H,4,12H2,1-3H3. The first-order valence-corrected chi connectivity index (χ1v) is 7.72. The minimum atomic E-state index is -0.0237. The molecule has 0 atom stereocenters. The lowest BCUT2D eigenvalue weighted by atomic mass is 10.1. The van der Waals surface area contributed by atoms with E-state index >= 15 is 0 Å². The van der Waals surface area contributed by atoms with E-state index < -0.39 is 0 Å². The Morgan fingerprint density at radius 2 is 2.04 bits per heavy atom. The first-order valence-electron chi connectivity index (χ1n) is 7.72. The number of imidazole rings is 1. The summed E-state index contributed by atoms with van der Waals surface area (Å²) < 4.78 is 1.78. The summed E-state index contributed by atoms with van der Waals surface area (Å²) in [4.78, 5) is 22.9. The fourth-order valence-corrected chi connectivity index (χ4v) is 2.61. The highest BCUT2D eigenvalue weighted by molar-refractivity contribution is 5.93. The van der Waals surface area contributed by atoms with Gasteiger partial charge in [0.2, 0.25) is 0 Å². The van der Waals surface area contributed by atoms with Crippen molar-refractivity contribution >= 4 is 11.6 Å². The molecule has 0 saturated heterocycles. The van der Waals surface area contributed by atoms with Gasteiger partial charge < -0.3 is 4.90 Å². The van der Waals surface area contributed by atoms with Gasteiger partial charge >= 0.3 is 0 Å². The number of hydrogen-bond acceptors (Lipinski definition) is 3. The summed E-state index contributed by atoms with van der Waals surface area (Å²) in [6.07, 6.45) is 6.68. The van der Waals surface area contributed by atoms with Crippen LogP contribution in [0, 0.1) is 13.8 Å². The molecule has 3 aromatic rings. The maximum atomic E-state index is 12.9. The van der Waals surface area contributed by atoms with Crippen LogP contribution < -0.4 is 0 Å². The highest BCUT2D eigenvalue weighted by atomic mass is 16.2. The highest BCUT2D eigenvalue weighted by Crippen LogP contribution is 2.14. The Bertz CT molecular complexity index is 853. The Morgan fingerprint density at radius 1 is 1.22 bits per heavy atom. The zero-order chi connectivity index (χ0) is 16.4. The predicted molar refractivity (Wildman–Crippen MR) is 89.3 cm³/mol. The van der Waals surface area contributed by atoms with Crippen molar-refractivity contribution in [3.63, 3.8) is 0 Å². The minimum absolute atomic E-state index is 0.0237. The van der Waals surface area contributed by atoms with Gasteiger partial charge in [0.05, 0.1) is 12.4 Å². The number of benzene rings is 1. The van der Waals surface area contributed by atoms with Crippen molar-refractivity contribution < 1.29 is 4.79 Å². The van der Waals surface area contributed by atoms with E-state index in [9.17, 15) is 4.79 Å². The molecule has 5 nitrogen and oxygen atoms in total. The maximum absolute atomic E-state index is 12.9. The van der Waals surface area contributed by atoms with Gasteiger partial charge in [-0.05, 0) is 37.5 Å². The zero-order valence-electron chi connectivity index (χ0n) is 13.7. The molecule has 0 bridgehead atoms. The van der Waals surface area contributed by atoms with E-state index in [0.717, 1.165) is 5.56 Å². The fourth-order valence-electron chi connectivity index (χ4n) is 2.61. The van der Waals surface area contributed by atoms with Crippen molar-refractivity contribution in [2.24, 2.45) is 0 Å². The summed E-state index contributed by atoms with van der Waals surface area (Å²) in [6.45, 7) is 7.41. The van der Waals surface area contributed by atoms with Gasteiger partial charge in [-0.1, -0.05) is 18.2 Å². The Hall–Kier alpha value is -2.69. The second-order valence-corrected chi connectivity index (χ2v) is 5.69. The van der Waals surface area contributed by atoms with Crippen LogP contribution in [0.25, 0.3) is 5.65 Å². The van der Waals surface area contributed by atoms with Gasteiger partial charge in [0.15, 0.2) is 5.65 Å². The summed E-state index contributed by atoms with van der Waals surface area (Å²) in [7, 11) is 0. The lowest BCUT2D eigenvalue weighted by Crippen LogP contribution is -2.31. The van der Waals surface area contributed by atoms with E-state index in [1.807, 2.05) is 11.8 Å². The van der Waals surface area contributed by atoms with Gasteiger partial charge in [0, 0.05) is 25.5 Å². The average Bonchev–Trinajstić information content (AvgIpc) is 2.99. The molecule has 1 amide bonds. The fraction of sp³-hybridized carbons (Fsp3) is 0.278. The SMILES string of the molecule is CCN(Cc1ccc(C)c(C)c1)C(=O)c1cnc2cnccn12. The van der Waals surface area contributed by atoms with Crippen LogP contribution in [0.2, 0.25) is 0 Å². The van der Waals surface area contributed by atoms with Crippen molar-refractivity contribution in [3.8, 4) is 0 Å². The van der Waals surface area contributed by atoms with Crippen molar-refractivity contribution in [1.82, 2.24) is 19.3 Å². The quantitative estimate of drug-likeness (QED) is 0.744. The van der Waals surface area contributed by atoms with Crippen LogP contribution in [0.15, 0.2) is 43.0 Å². The van der Waals surface area contributed by atoms with E-state index in [1.165, 1.54) is 11.1 Å². The van der Waals surface area contributed by atoms with Crippen molar-refractivity contribution in [2.75, 3.05) is 6.54 Å². The number of aryl methyl sites for hydroxylation is 2. The number of hydrogen-bond donors (Lipinski definition) is 0. The molecule has 5 heteroatoms. The van der Waals surface area contributed by atoms with E-state index in [4.69, 9.17) is 0 Å². The summed E-state index contributed by atoms with van der Waals surface area (Å²) in [6, 6.07) is 6.32. The Balaban J connectivity index is 1.88. The van der Waals surface area contributed by atoms with Gasteiger partial charge in [0.25, 0.3) is 5.91 Å². The maximum Gasteiger partial charge on any atom is 0.272 e. The van der Waals surface area contributed by atoms with Crippen LogP contribution in [0.4, 0.5) is 0 Å². The molecule has 1 aromatic carbocycles. The minimum Gasteiger partial charge on any atom is -0.333 e. The number of aromatic nitrogens is 3. The third kappa shape index (κ3) is 2.95. The highest BCUT2D eigenvalue weighted by Gasteiger charge is 2.18. The molecule has 0 N–H and O–H groups in total. The third-order valence-corrected chi connectivity index (χ3v) is 4.15. The first kappa shape index (κ1) is 15.2. The molecule has 0 aliphatic rings. The molecule has 0 radical (unpaired) electrons. The second kappa shape index (κ2) is 6.20. The molecular weight excluding hydrogens is 288 g/mol. The predicted octanol–water partition coefficient (Wildman–Crippen LogP) is 3.01. The summed E-state index contributed by atoms with van der Waals surface area (Å²) >= 11 is 0.